The monoisotopic (exact) mass is 486 g/mol. The van der Waals surface area contributed by atoms with Crippen molar-refractivity contribution in [3.63, 3.8) is 0 Å². The molecule has 0 aromatic heterocycles. The fraction of sp³-hybridized carbons (Fsp3) is 0.0968. The third kappa shape index (κ3) is 3.74. The van der Waals surface area contributed by atoms with E-state index in [0.29, 0.717) is 11.3 Å². The second-order valence-electron chi connectivity index (χ2n) is 9.28. The molecule has 0 saturated carbocycles. The second-order valence-corrected chi connectivity index (χ2v) is 9.28. The van der Waals surface area contributed by atoms with Gasteiger partial charge >= 0.3 is 0 Å². The number of carbonyl (C=O) groups is 4. The molecule has 37 heavy (non-hydrogen) atoms. The van der Waals surface area contributed by atoms with Crippen molar-refractivity contribution in [3.05, 3.63) is 137 Å². The van der Waals surface area contributed by atoms with Crippen molar-refractivity contribution in [3.8, 4) is 0 Å². The summed E-state index contributed by atoms with van der Waals surface area (Å²) >= 11 is 0. The molecule has 1 saturated heterocycles. The number of imide groups is 1. The van der Waals surface area contributed by atoms with Gasteiger partial charge in [0.15, 0.2) is 5.78 Å². The highest BCUT2D eigenvalue weighted by Crippen LogP contribution is 2.46. The molecule has 0 N–H and O–H groups in total. The Morgan fingerprint density at radius 1 is 0.676 bits per heavy atom. The van der Waals surface area contributed by atoms with Crippen LogP contribution in [-0.2, 0) is 0 Å². The van der Waals surface area contributed by atoms with Crippen molar-refractivity contribution in [2.75, 3.05) is 4.90 Å². The number of amides is 3. The lowest BCUT2D eigenvalue weighted by Crippen LogP contribution is -2.29. The van der Waals surface area contributed by atoms with Crippen molar-refractivity contribution in [1.82, 2.24) is 4.90 Å². The topological polar surface area (TPSA) is 74.5 Å². The number of ketones is 1. The normalized spacial score (nSPS) is 18.1. The first-order valence-corrected chi connectivity index (χ1v) is 12.0. The van der Waals surface area contributed by atoms with Crippen LogP contribution >= 0.6 is 0 Å². The van der Waals surface area contributed by atoms with Gasteiger partial charge in [-0.05, 0) is 42.8 Å². The van der Waals surface area contributed by atoms with Gasteiger partial charge in [0, 0.05) is 11.1 Å². The molecule has 3 amide bonds. The highest BCUT2D eigenvalue weighted by atomic mass is 16.2. The van der Waals surface area contributed by atoms with Crippen molar-refractivity contribution in [1.29, 1.82) is 0 Å². The predicted molar refractivity (Wildman–Crippen MR) is 139 cm³/mol. The van der Waals surface area contributed by atoms with Gasteiger partial charge in [-0.25, -0.2) is 4.90 Å². The van der Waals surface area contributed by atoms with Gasteiger partial charge in [-0.2, -0.15) is 0 Å². The number of rotatable bonds is 5. The lowest BCUT2D eigenvalue weighted by molar-refractivity contribution is 0.0833. The third-order valence-electron chi connectivity index (χ3n) is 6.94. The van der Waals surface area contributed by atoms with Gasteiger partial charge in [-0.3, -0.25) is 19.2 Å². The molecule has 6 rings (SSSR count). The van der Waals surface area contributed by atoms with Crippen molar-refractivity contribution in [2.24, 2.45) is 0 Å². The predicted octanol–water partition coefficient (Wildman–Crippen LogP) is 5.24. The minimum absolute atomic E-state index is 0.138. The van der Waals surface area contributed by atoms with Crippen molar-refractivity contribution in [2.45, 2.75) is 19.0 Å². The molecule has 4 aromatic rings. The number of anilines is 1. The largest absolute Gasteiger partial charge is 0.316 e. The molecule has 1 fully saturated rings. The van der Waals surface area contributed by atoms with E-state index in [1.807, 2.05) is 55.5 Å². The van der Waals surface area contributed by atoms with Crippen LogP contribution in [0.4, 0.5) is 5.69 Å². The zero-order chi connectivity index (χ0) is 25.7. The van der Waals surface area contributed by atoms with Crippen molar-refractivity contribution < 1.29 is 19.2 Å². The Kier molecular flexibility index (Phi) is 5.30. The second kappa shape index (κ2) is 8.68. The van der Waals surface area contributed by atoms with Gasteiger partial charge in [-0.1, -0.05) is 78.4 Å². The van der Waals surface area contributed by atoms with Crippen LogP contribution in [0.1, 0.15) is 58.6 Å². The number of carbonyl (C=O) groups excluding carboxylic acids is 4. The number of hydrogen-bond donors (Lipinski definition) is 0. The van der Waals surface area contributed by atoms with E-state index in [0.717, 1.165) is 16.0 Å². The van der Waals surface area contributed by atoms with E-state index >= 15 is 0 Å². The molecule has 180 valence electrons. The molecule has 0 spiro atoms. The van der Waals surface area contributed by atoms with Crippen LogP contribution in [0.15, 0.2) is 103 Å². The van der Waals surface area contributed by atoms with E-state index in [4.69, 9.17) is 0 Å². The first-order chi connectivity index (χ1) is 18.0. The van der Waals surface area contributed by atoms with Crippen LogP contribution in [0.25, 0.3) is 0 Å². The first-order valence-electron chi connectivity index (χ1n) is 12.0. The van der Waals surface area contributed by atoms with E-state index in [1.54, 1.807) is 47.4 Å². The van der Waals surface area contributed by atoms with Crippen molar-refractivity contribution >= 4 is 29.2 Å². The van der Waals surface area contributed by atoms with E-state index < -0.39 is 23.9 Å². The molecule has 4 aromatic carbocycles. The summed E-state index contributed by atoms with van der Waals surface area (Å²) in [6, 6.07) is 28.9. The lowest BCUT2D eigenvalue weighted by atomic mass is 10.0. The molecule has 0 radical (unpaired) electrons. The summed E-state index contributed by atoms with van der Waals surface area (Å²) < 4.78 is 0. The smallest absolute Gasteiger partial charge is 0.266 e. The number of nitrogens with zero attached hydrogens (tertiary/aromatic N) is 2. The Labute approximate surface area is 213 Å². The van der Waals surface area contributed by atoms with Gasteiger partial charge in [0.05, 0.1) is 22.9 Å². The number of hydrogen-bond acceptors (Lipinski definition) is 4. The van der Waals surface area contributed by atoms with Gasteiger partial charge in [0.1, 0.15) is 6.04 Å². The summed E-state index contributed by atoms with van der Waals surface area (Å²) in [7, 11) is 0. The molecule has 2 heterocycles. The van der Waals surface area contributed by atoms with Crippen LogP contribution < -0.4 is 4.90 Å². The summed E-state index contributed by atoms with van der Waals surface area (Å²) in [6.07, 6.45) is 0. The molecule has 0 unspecified atom stereocenters. The average molecular weight is 487 g/mol. The SMILES string of the molecule is Cc1ccc(N2C(=O)c3ccc(C(=O)N4[C@@H](C(=O)c5ccccc5)[C@@H]4c4ccccc4)cc3C2=O)cc1. The van der Waals surface area contributed by atoms with E-state index in [2.05, 4.69) is 0 Å². The summed E-state index contributed by atoms with van der Waals surface area (Å²) in [5, 5.41) is 0. The Bertz CT molecular complexity index is 1560. The van der Waals surface area contributed by atoms with E-state index in [9.17, 15) is 19.2 Å². The lowest BCUT2D eigenvalue weighted by Gasteiger charge is -2.13. The minimum atomic E-state index is -0.646. The highest BCUT2D eigenvalue weighted by Gasteiger charge is 2.56. The van der Waals surface area contributed by atoms with Crippen LogP contribution in [0.3, 0.4) is 0 Å². The van der Waals surface area contributed by atoms with E-state index in [-0.39, 0.29) is 28.4 Å². The van der Waals surface area contributed by atoms with Crippen LogP contribution in [-0.4, -0.2) is 34.4 Å². The Balaban J connectivity index is 1.33. The molecule has 2 aliphatic heterocycles. The van der Waals surface area contributed by atoms with Crippen LogP contribution in [0.2, 0.25) is 0 Å². The summed E-state index contributed by atoms with van der Waals surface area (Å²) in [4.78, 5) is 55.9. The molecular weight excluding hydrogens is 464 g/mol. The average Bonchev–Trinajstić information content (AvgIpc) is 3.64. The molecule has 6 nitrogen and oxygen atoms in total. The fourth-order valence-corrected chi connectivity index (χ4v) is 4.97. The van der Waals surface area contributed by atoms with Crippen LogP contribution in [0, 0.1) is 6.92 Å². The highest BCUT2D eigenvalue weighted by molar-refractivity contribution is 6.34. The fourth-order valence-electron chi connectivity index (χ4n) is 4.97. The number of fused-ring (bicyclic) bond motifs is 1. The molecule has 0 bridgehead atoms. The first kappa shape index (κ1) is 22.6. The molecule has 2 aliphatic rings. The van der Waals surface area contributed by atoms with Gasteiger partial charge < -0.3 is 4.90 Å². The zero-order valence-corrected chi connectivity index (χ0v) is 20.0. The number of aryl methyl sites for hydroxylation is 1. The maximum absolute atomic E-state index is 13.7. The van der Waals surface area contributed by atoms with E-state index in [1.165, 1.54) is 12.1 Å². The zero-order valence-electron chi connectivity index (χ0n) is 20.0. The summed E-state index contributed by atoms with van der Waals surface area (Å²) in [6.45, 7) is 1.93. The Hall–Kier alpha value is -4.84. The summed E-state index contributed by atoms with van der Waals surface area (Å²) in [5.41, 5.74) is 3.59. The quantitative estimate of drug-likeness (QED) is 0.220. The number of Topliss-reactive ketones (excluding diaryl/α,β-unsaturated/α-hetero) is 1. The molecule has 0 aliphatic carbocycles. The molecular formula is C31H22N2O4. The molecule has 6 heteroatoms. The number of benzene rings is 4. The summed E-state index contributed by atoms with van der Waals surface area (Å²) in [5.74, 6) is -1.39. The Morgan fingerprint density at radius 2 is 1.30 bits per heavy atom. The maximum Gasteiger partial charge on any atom is 0.266 e. The third-order valence-corrected chi connectivity index (χ3v) is 6.94. The standard InChI is InChI=1S/C31H22N2O4/c1-19-12-15-23(16-13-19)32-30(36)24-17-14-22(18-25(24)31(32)37)29(35)33-26(20-8-4-2-5-9-20)27(33)28(34)21-10-6-3-7-11-21/h2-18,26-27H,1H3/t26-,27+,33?/m0/s1. The van der Waals surface area contributed by atoms with Crippen LogP contribution in [0.5, 0.6) is 0 Å². The van der Waals surface area contributed by atoms with Gasteiger partial charge in [-0.15, -0.1) is 0 Å². The van der Waals surface area contributed by atoms with Gasteiger partial charge in [0.25, 0.3) is 17.7 Å². The Morgan fingerprint density at radius 3 is 1.97 bits per heavy atom. The minimum Gasteiger partial charge on any atom is -0.316 e. The maximum atomic E-state index is 13.7. The van der Waals surface area contributed by atoms with Gasteiger partial charge in [0.2, 0.25) is 0 Å². The molecule has 2 atom stereocenters.